The van der Waals surface area contributed by atoms with Crippen LogP contribution in [0.4, 0.5) is 29.3 Å². The third-order valence-corrected chi connectivity index (χ3v) is 6.94. The minimum Gasteiger partial charge on any atom is -0.444 e. The first kappa shape index (κ1) is 29.0. The summed E-state index contributed by atoms with van der Waals surface area (Å²) in [6.45, 7) is 5.83. The number of hydrogen-bond acceptors (Lipinski definition) is 5. The number of benzene rings is 2. The number of nitrogen functional groups attached to an aromatic ring is 1. The van der Waals surface area contributed by atoms with Gasteiger partial charge >= 0.3 is 12.3 Å². The summed E-state index contributed by atoms with van der Waals surface area (Å²) in [5.41, 5.74) is 1.91. The van der Waals surface area contributed by atoms with Crippen molar-refractivity contribution in [1.82, 2.24) is 4.90 Å². The van der Waals surface area contributed by atoms with E-state index in [4.69, 9.17) is 10.5 Å². The largest absolute Gasteiger partial charge is 0.444 e. The van der Waals surface area contributed by atoms with Gasteiger partial charge in [0.25, 0.3) is 5.91 Å². The highest BCUT2D eigenvalue weighted by molar-refractivity contribution is 14.1. The first-order valence-electron chi connectivity index (χ1n) is 11.8. The Balaban J connectivity index is 1.85. The molecule has 0 bridgehead atoms. The molecule has 2 aromatic rings. The van der Waals surface area contributed by atoms with Crippen molar-refractivity contribution in [3.8, 4) is 0 Å². The highest BCUT2D eigenvalue weighted by Gasteiger charge is 2.46. The number of carbonyl (C=O) groups is 2. The van der Waals surface area contributed by atoms with Crippen LogP contribution in [0.3, 0.4) is 0 Å². The fourth-order valence-corrected chi connectivity index (χ4v) is 4.67. The number of halogens is 4. The minimum absolute atomic E-state index is 0.0477. The molecule has 2 amide bonds. The van der Waals surface area contributed by atoms with E-state index >= 15 is 0 Å². The summed E-state index contributed by atoms with van der Waals surface area (Å²) >= 11 is 2.14. The van der Waals surface area contributed by atoms with Gasteiger partial charge in [-0.15, -0.1) is 0 Å². The molecule has 0 saturated carbocycles. The monoisotopic (exact) mass is 633 g/mol. The van der Waals surface area contributed by atoms with Gasteiger partial charge in [0, 0.05) is 40.4 Å². The topological polar surface area (TPSA) is 105 Å². The molecule has 3 rings (SSSR count). The summed E-state index contributed by atoms with van der Waals surface area (Å²) in [5, 5.41) is 14.3. The third kappa shape index (κ3) is 7.50. The SMILES string of the molecule is CC(C)(C)OC(=O)N1CCC(C(O)(Cc2ccc(I)cc2)C(=O)Nc2ccc(N)c(C(F)(F)F)c2)CC1. The van der Waals surface area contributed by atoms with Crippen LogP contribution in [-0.4, -0.2) is 46.3 Å². The molecule has 7 nitrogen and oxygen atoms in total. The van der Waals surface area contributed by atoms with Gasteiger partial charge in [-0.25, -0.2) is 4.79 Å². The Labute approximate surface area is 227 Å². The van der Waals surface area contributed by atoms with Gasteiger partial charge in [0.2, 0.25) is 0 Å². The van der Waals surface area contributed by atoms with Gasteiger partial charge in [-0.2, -0.15) is 13.2 Å². The van der Waals surface area contributed by atoms with Crippen molar-refractivity contribution in [3.05, 3.63) is 57.2 Å². The van der Waals surface area contributed by atoms with Crippen LogP contribution in [0.5, 0.6) is 0 Å². The standard InChI is InChI=1S/C26H31F3IN3O4/c1-24(2,3)37-23(35)33-12-10-17(11-13-33)25(36,15-16-4-6-18(30)7-5-16)22(34)32-19-8-9-21(31)20(14-19)26(27,28)29/h4-9,14,17,36H,10-13,15,31H2,1-3H3,(H,32,34). The van der Waals surface area contributed by atoms with E-state index in [1.165, 1.54) is 11.0 Å². The smallest absolute Gasteiger partial charge is 0.418 e. The Morgan fingerprint density at radius 1 is 1.11 bits per heavy atom. The van der Waals surface area contributed by atoms with Crippen LogP contribution in [0.25, 0.3) is 0 Å². The first-order chi connectivity index (χ1) is 17.1. The Hall–Kier alpha value is -2.54. The maximum Gasteiger partial charge on any atom is 0.418 e. The van der Waals surface area contributed by atoms with E-state index in [-0.39, 0.29) is 25.2 Å². The van der Waals surface area contributed by atoms with Crippen molar-refractivity contribution in [1.29, 1.82) is 0 Å². The van der Waals surface area contributed by atoms with Crippen molar-refractivity contribution in [3.63, 3.8) is 0 Å². The number of likely N-dealkylation sites (tertiary alicyclic amines) is 1. The number of amides is 2. The van der Waals surface area contributed by atoms with Gasteiger partial charge in [-0.3, -0.25) is 4.79 Å². The zero-order chi connectivity index (χ0) is 27.6. The number of nitrogens with zero attached hydrogens (tertiary/aromatic N) is 1. The van der Waals surface area contributed by atoms with Crippen LogP contribution in [0.2, 0.25) is 0 Å². The van der Waals surface area contributed by atoms with E-state index in [1.54, 1.807) is 32.9 Å². The molecule has 0 aromatic heterocycles. The fraction of sp³-hybridized carbons (Fsp3) is 0.462. The van der Waals surface area contributed by atoms with Crippen LogP contribution in [0.1, 0.15) is 44.7 Å². The summed E-state index contributed by atoms with van der Waals surface area (Å²) in [4.78, 5) is 27.5. The minimum atomic E-state index is -4.70. The highest BCUT2D eigenvalue weighted by Crippen LogP contribution is 2.37. The molecule has 1 heterocycles. The maximum atomic E-state index is 13.5. The predicted molar refractivity (Wildman–Crippen MR) is 143 cm³/mol. The number of piperidine rings is 1. The van der Waals surface area contributed by atoms with Crippen LogP contribution in [0, 0.1) is 9.49 Å². The number of alkyl halides is 3. The van der Waals surface area contributed by atoms with E-state index in [2.05, 4.69) is 27.9 Å². The van der Waals surface area contributed by atoms with Crippen molar-refractivity contribution >= 4 is 46.0 Å². The molecule has 1 aliphatic heterocycles. The average Bonchev–Trinajstić information content (AvgIpc) is 2.80. The lowest BCUT2D eigenvalue weighted by Crippen LogP contribution is -2.55. The highest BCUT2D eigenvalue weighted by atomic mass is 127. The summed E-state index contributed by atoms with van der Waals surface area (Å²) in [7, 11) is 0. The van der Waals surface area contributed by atoms with E-state index < -0.39 is 46.5 Å². The summed E-state index contributed by atoms with van der Waals surface area (Å²) in [5.74, 6) is -1.37. The molecule has 37 heavy (non-hydrogen) atoms. The van der Waals surface area contributed by atoms with Gasteiger partial charge in [-0.1, -0.05) is 12.1 Å². The molecule has 0 spiro atoms. The number of rotatable bonds is 5. The molecule has 0 aliphatic carbocycles. The lowest BCUT2D eigenvalue weighted by Gasteiger charge is -2.40. The van der Waals surface area contributed by atoms with Crippen LogP contribution < -0.4 is 11.1 Å². The number of carbonyl (C=O) groups excluding carboxylic acids is 2. The summed E-state index contributed by atoms with van der Waals surface area (Å²) in [6, 6.07) is 10.4. The molecule has 0 radical (unpaired) electrons. The molecule has 11 heteroatoms. The second kappa shape index (κ2) is 11.1. The number of nitrogens with two attached hydrogens (primary N) is 1. The summed E-state index contributed by atoms with van der Waals surface area (Å²) < 4.78 is 46.4. The second-order valence-electron chi connectivity index (χ2n) is 10.2. The van der Waals surface area contributed by atoms with Crippen LogP contribution in [0.15, 0.2) is 42.5 Å². The van der Waals surface area contributed by atoms with E-state index in [9.17, 15) is 27.9 Å². The number of anilines is 2. The van der Waals surface area contributed by atoms with E-state index in [0.717, 1.165) is 15.7 Å². The molecule has 1 fully saturated rings. The zero-order valence-electron chi connectivity index (χ0n) is 20.9. The maximum absolute atomic E-state index is 13.5. The molecule has 2 aromatic carbocycles. The molecular weight excluding hydrogens is 602 g/mol. The zero-order valence-corrected chi connectivity index (χ0v) is 23.0. The number of ether oxygens (including phenoxy) is 1. The Kier molecular flexibility index (Phi) is 8.68. The summed E-state index contributed by atoms with van der Waals surface area (Å²) in [6.07, 6.45) is -4.60. The Morgan fingerprint density at radius 2 is 1.70 bits per heavy atom. The lowest BCUT2D eigenvalue weighted by atomic mass is 9.76. The fourth-order valence-electron chi connectivity index (χ4n) is 4.31. The number of aliphatic hydroxyl groups is 1. The predicted octanol–water partition coefficient (Wildman–Crippen LogP) is 5.45. The van der Waals surface area contributed by atoms with Gasteiger partial charge in [-0.05, 0) is 92.1 Å². The molecule has 1 saturated heterocycles. The lowest BCUT2D eigenvalue weighted by molar-refractivity contribution is -0.142. The van der Waals surface area contributed by atoms with Crippen molar-refractivity contribution in [2.75, 3.05) is 24.1 Å². The second-order valence-corrected chi connectivity index (χ2v) is 11.5. The first-order valence-corrected chi connectivity index (χ1v) is 12.9. The van der Waals surface area contributed by atoms with Crippen LogP contribution >= 0.6 is 22.6 Å². The van der Waals surface area contributed by atoms with Crippen molar-refractivity contribution < 1.29 is 32.6 Å². The molecular formula is C26H31F3IN3O4. The van der Waals surface area contributed by atoms with Gasteiger partial charge < -0.3 is 25.8 Å². The molecule has 202 valence electrons. The molecule has 4 N–H and O–H groups in total. The van der Waals surface area contributed by atoms with Crippen molar-refractivity contribution in [2.24, 2.45) is 5.92 Å². The van der Waals surface area contributed by atoms with Gasteiger partial charge in [0.1, 0.15) is 11.2 Å². The third-order valence-electron chi connectivity index (χ3n) is 6.22. The molecule has 1 unspecified atom stereocenters. The normalized spacial score (nSPS) is 16.7. The van der Waals surface area contributed by atoms with Crippen LogP contribution in [-0.2, 0) is 22.1 Å². The number of hydrogen-bond donors (Lipinski definition) is 3. The Bertz CT molecular complexity index is 1130. The molecule has 1 aliphatic rings. The van der Waals surface area contributed by atoms with E-state index in [0.29, 0.717) is 18.4 Å². The van der Waals surface area contributed by atoms with Crippen molar-refractivity contribution in [2.45, 2.75) is 57.4 Å². The number of nitrogens with one attached hydrogen (secondary N) is 1. The van der Waals surface area contributed by atoms with Gasteiger partial charge in [0.15, 0.2) is 0 Å². The molecule has 1 atom stereocenters. The van der Waals surface area contributed by atoms with E-state index in [1.807, 2.05) is 12.1 Å². The quantitative estimate of drug-likeness (QED) is 0.300. The van der Waals surface area contributed by atoms with Gasteiger partial charge in [0.05, 0.1) is 5.56 Å². The average molecular weight is 633 g/mol. The Morgan fingerprint density at radius 3 is 2.24 bits per heavy atom.